The Labute approximate surface area is 129 Å². The number of carbonyl (C=O) groups excluding carboxylic acids is 2. The van der Waals surface area contributed by atoms with Crippen LogP contribution < -0.4 is 16.1 Å². The average molecular weight is 315 g/mol. The van der Waals surface area contributed by atoms with E-state index in [4.69, 9.17) is 4.74 Å². The molecule has 0 aliphatic carbocycles. The topological polar surface area (TPSA) is 82.7 Å². The largest absolute Gasteiger partial charge is 0.466 e. The van der Waals surface area contributed by atoms with Gasteiger partial charge in [0.1, 0.15) is 0 Å². The summed E-state index contributed by atoms with van der Waals surface area (Å²) >= 11 is 0. The Morgan fingerprint density at radius 2 is 2.10 bits per heavy atom. The van der Waals surface area contributed by atoms with Crippen molar-refractivity contribution in [1.82, 2.24) is 21.1 Å². The first-order valence-corrected chi connectivity index (χ1v) is 6.77. The third kappa shape index (κ3) is 2.84. The molecule has 7 nitrogen and oxygen atoms in total. The summed E-state index contributed by atoms with van der Waals surface area (Å²) < 4.78 is 4.74. The molecule has 1 saturated heterocycles. The number of nitrogens with zero attached hydrogens (tertiary/aromatic N) is 1. The summed E-state index contributed by atoms with van der Waals surface area (Å²) in [5.74, 6) is -0.280. The van der Waals surface area contributed by atoms with Crippen molar-refractivity contribution in [3.05, 3.63) is 23.5 Å². The van der Waals surface area contributed by atoms with E-state index in [1.165, 1.54) is 7.11 Å². The molecule has 116 valence electrons. The molecule has 0 bridgehead atoms. The number of halogens is 1. The number of methoxy groups -OCH3 is 1. The number of hydrogen-bond donors (Lipinski definition) is 3. The molecule has 3 heterocycles. The van der Waals surface area contributed by atoms with E-state index in [1.807, 2.05) is 5.01 Å². The molecular formula is C13H19ClN4O3. The minimum atomic E-state index is -0.482. The van der Waals surface area contributed by atoms with Crippen LogP contribution in [0.4, 0.5) is 0 Å². The summed E-state index contributed by atoms with van der Waals surface area (Å²) in [6, 6.07) is 0. The quantitative estimate of drug-likeness (QED) is 0.603. The van der Waals surface area contributed by atoms with E-state index in [0.29, 0.717) is 11.5 Å². The highest BCUT2D eigenvalue weighted by molar-refractivity contribution is 5.95. The van der Waals surface area contributed by atoms with Gasteiger partial charge < -0.3 is 20.8 Å². The number of piperidine rings is 1. The van der Waals surface area contributed by atoms with E-state index in [-0.39, 0.29) is 18.3 Å². The van der Waals surface area contributed by atoms with Gasteiger partial charge in [0.15, 0.2) is 6.17 Å². The number of esters is 1. The lowest BCUT2D eigenvalue weighted by Gasteiger charge is -2.38. The fraction of sp³-hybridized carbons (Fsp3) is 0.538. The van der Waals surface area contributed by atoms with Crippen LogP contribution in [0.25, 0.3) is 0 Å². The molecule has 21 heavy (non-hydrogen) atoms. The van der Waals surface area contributed by atoms with Gasteiger partial charge in [-0.25, -0.2) is 4.79 Å². The van der Waals surface area contributed by atoms with Crippen LogP contribution in [0.15, 0.2) is 23.5 Å². The first-order valence-electron chi connectivity index (χ1n) is 6.77. The first-order chi connectivity index (χ1) is 9.70. The normalized spacial score (nSPS) is 24.9. The minimum absolute atomic E-state index is 0. The second kappa shape index (κ2) is 6.36. The Kier molecular flexibility index (Phi) is 4.74. The van der Waals surface area contributed by atoms with Crippen molar-refractivity contribution in [2.75, 3.05) is 20.2 Å². The third-order valence-electron chi connectivity index (χ3n) is 3.93. The monoisotopic (exact) mass is 314 g/mol. The van der Waals surface area contributed by atoms with Crippen LogP contribution in [0.3, 0.4) is 0 Å². The van der Waals surface area contributed by atoms with Crippen LogP contribution >= 0.6 is 12.4 Å². The predicted molar refractivity (Wildman–Crippen MR) is 77.9 cm³/mol. The van der Waals surface area contributed by atoms with Crippen LogP contribution in [0.1, 0.15) is 12.8 Å². The number of hydrogen-bond acceptors (Lipinski definition) is 6. The molecule has 1 amide bonds. The van der Waals surface area contributed by atoms with Crippen molar-refractivity contribution >= 4 is 24.3 Å². The molecule has 0 aromatic rings. The van der Waals surface area contributed by atoms with E-state index in [1.54, 1.807) is 12.3 Å². The molecule has 8 heteroatoms. The molecule has 0 radical (unpaired) electrons. The lowest BCUT2D eigenvalue weighted by Crippen LogP contribution is -2.54. The number of carbonyl (C=O) groups is 2. The summed E-state index contributed by atoms with van der Waals surface area (Å²) in [6.07, 6.45) is 4.70. The Balaban J connectivity index is 0.00000161. The van der Waals surface area contributed by atoms with Gasteiger partial charge in [-0.3, -0.25) is 9.80 Å². The highest BCUT2D eigenvalue weighted by Gasteiger charge is 2.39. The maximum absolute atomic E-state index is 11.9. The van der Waals surface area contributed by atoms with Gasteiger partial charge in [0, 0.05) is 23.9 Å². The number of nitrogens with one attached hydrogen (secondary N) is 3. The number of fused-ring (bicyclic) bond motifs is 1. The lowest BCUT2D eigenvalue weighted by molar-refractivity contribution is -0.136. The fourth-order valence-electron chi connectivity index (χ4n) is 2.90. The molecule has 0 saturated carbocycles. The maximum atomic E-state index is 11.9. The van der Waals surface area contributed by atoms with Gasteiger partial charge in [-0.2, -0.15) is 0 Å². The van der Waals surface area contributed by atoms with Crippen molar-refractivity contribution < 1.29 is 14.3 Å². The van der Waals surface area contributed by atoms with Crippen LogP contribution in [-0.4, -0.2) is 43.3 Å². The van der Waals surface area contributed by atoms with Gasteiger partial charge in [-0.1, -0.05) is 0 Å². The second-order valence-corrected chi connectivity index (χ2v) is 5.09. The zero-order chi connectivity index (χ0) is 14.1. The number of ether oxygens (including phenoxy) is 1. The zero-order valence-corrected chi connectivity index (χ0v) is 12.5. The molecular weight excluding hydrogens is 296 g/mol. The van der Waals surface area contributed by atoms with Gasteiger partial charge >= 0.3 is 5.97 Å². The van der Waals surface area contributed by atoms with Crippen molar-refractivity contribution in [1.29, 1.82) is 0 Å². The molecule has 3 aliphatic rings. The van der Waals surface area contributed by atoms with Crippen molar-refractivity contribution in [2.45, 2.75) is 19.0 Å². The molecule has 0 spiro atoms. The summed E-state index contributed by atoms with van der Waals surface area (Å²) in [7, 11) is 1.33. The summed E-state index contributed by atoms with van der Waals surface area (Å²) in [6.45, 7) is 1.89. The van der Waals surface area contributed by atoms with Crippen molar-refractivity contribution in [2.24, 2.45) is 5.92 Å². The molecule has 0 aromatic heterocycles. The minimum Gasteiger partial charge on any atom is -0.466 e. The van der Waals surface area contributed by atoms with E-state index < -0.39 is 12.1 Å². The van der Waals surface area contributed by atoms with Gasteiger partial charge in [0.25, 0.3) is 0 Å². The van der Waals surface area contributed by atoms with Crippen LogP contribution in [-0.2, 0) is 14.3 Å². The predicted octanol–water partition coefficient (Wildman–Crippen LogP) is -0.375. The molecule has 3 aliphatic heterocycles. The standard InChI is InChI=1S/C13H18N4O3.ClH/c1-20-13(19)9-7-15-17-10(6-11(18)16-12(9)17)8-2-4-14-5-3-8;/h6-8,12,14-15H,2-5H2,1H3,(H,16,18);1H. The molecule has 1 fully saturated rings. The Morgan fingerprint density at radius 1 is 1.38 bits per heavy atom. The number of rotatable bonds is 2. The van der Waals surface area contributed by atoms with E-state index in [0.717, 1.165) is 31.6 Å². The molecule has 1 unspecified atom stereocenters. The van der Waals surface area contributed by atoms with Gasteiger partial charge in [0.2, 0.25) is 5.91 Å². The molecule has 3 rings (SSSR count). The Morgan fingerprint density at radius 3 is 2.76 bits per heavy atom. The SMILES string of the molecule is COC(=O)C1=CNN2C(C3CCNCC3)=CC(=O)NC12.Cl. The zero-order valence-electron chi connectivity index (χ0n) is 11.7. The maximum Gasteiger partial charge on any atom is 0.339 e. The average Bonchev–Trinajstić information content (AvgIpc) is 2.90. The number of allylic oxidation sites excluding steroid dienone is 1. The lowest BCUT2D eigenvalue weighted by atomic mass is 9.92. The highest BCUT2D eigenvalue weighted by Crippen LogP contribution is 2.30. The second-order valence-electron chi connectivity index (χ2n) is 5.09. The van der Waals surface area contributed by atoms with Gasteiger partial charge in [0.05, 0.1) is 12.7 Å². The smallest absolute Gasteiger partial charge is 0.339 e. The molecule has 0 aromatic carbocycles. The van der Waals surface area contributed by atoms with E-state index in [9.17, 15) is 9.59 Å². The number of amides is 1. The van der Waals surface area contributed by atoms with Crippen LogP contribution in [0, 0.1) is 5.92 Å². The van der Waals surface area contributed by atoms with Crippen molar-refractivity contribution in [3.63, 3.8) is 0 Å². The molecule has 3 N–H and O–H groups in total. The number of hydrazine groups is 1. The summed E-state index contributed by atoms with van der Waals surface area (Å²) in [5, 5.41) is 7.93. The van der Waals surface area contributed by atoms with Crippen LogP contribution in [0.2, 0.25) is 0 Å². The first kappa shape index (κ1) is 15.7. The fourth-order valence-corrected chi connectivity index (χ4v) is 2.90. The van der Waals surface area contributed by atoms with Gasteiger partial charge in [-0.15, -0.1) is 12.4 Å². The van der Waals surface area contributed by atoms with Crippen molar-refractivity contribution in [3.8, 4) is 0 Å². The Hall–Kier alpha value is -1.73. The van der Waals surface area contributed by atoms with E-state index >= 15 is 0 Å². The third-order valence-corrected chi connectivity index (χ3v) is 3.93. The highest BCUT2D eigenvalue weighted by atomic mass is 35.5. The molecule has 1 atom stereocenters. The van der Waals surface area contributed by atoms with E-state index in [2.05, 4.69) is 16.1 Å². The van der Waals surface area contributed by atoms with Gasteiger partial charge in [-0.05, 0) is 25.9 Å². The Bertz CT molecular complexity index is 500. The van der Waals surface area contributed by atoms with Crippen LogP contribution in [0.5, 0.6) is 0 Å². The summed E-state index contributed by atoms with van der Waals surface area (Å²) in [5.41, 5.74) is 4.42. The summed E-state index contributed by atoms with van der Waals surface area (Å²) in [4.78, 5) is 23.6.